The maximum atomic E-state index is 11.8. The number of nitrogens with one attached hydrogen (secondary N) is 1. The van der Waals surface area contributed by atoms with E-state index in [1.807, 2.05) is 0 Å². The molecule has 1 amide bonds. The van der Waals surface area contributed by atoms with Gasteiger partial charge in [0.25, 0.3) is 0 Å². The molecule has 6 nitrogen and oxygen atoms in total. The van der Waals surface area contributed by atoms with Crippen molar-refractivity contribution < 1.29 is 14.1 Å². The molecule has 22 heavy (non-hydrogen) atoms. The molecule has 7 heteroatoms. The number of aromatic nitrogens is 2. The number of hydrogen-bond acceptors (Lipinski definition) is 5. The van der Waals surface area contributed by atoms with Crippen molar-refractivity contribution in [3.8, 4) is 11.4 Å². The molecular weight excluding hydrogens is 306 g/mol. The van der Waals surface area contributed by atoms with Crippen molar-refractivity contribution in [2.45, 2.75) is 19.6 Å². The Kier molecular flexibility index (Phi) is 5.68. The number of carbonyl (C=O) groups is 1. The van der Waals surface area contributed by atoms with Crippen molar-refractivity contribution >= 4 is 17.5 Å². The van der Waals surface area contributed by atoms with Crippen molar-refractivity contribution in [1.82, 2.24) is 15.5 Å². The van der Waals surface area contributed by atoms with E-state index in [0.717, 1.165) is 5.56 Å². The molecule has 0 saturated heterocycles. The summed E-state index contributed by atoms with van der Waals surface area (Å²) in [7, 11) is 0. The number of nitrogens with zero attached hydrogens (tertiary/aromatic N) is 2. The van der Waals surface area contributed by atoms with Gasteiger partial charge in [-0.3, -0.25) is 4.79 Å². The summed E-state index contributed by atoms with van der Waals surface area (Å²) in [5.74, 6) is 0.499. The maximum Gasteiger partial charge on any atom is 0.249 e. The molecular formula is C15H16ClN3O3. The fourth-order valence-electron chi connectivity index (χ4n) is 1.64. The first-order valence-electron chi connectivity index (χ1n) is 6.69. The largest absolute Gasteiger partial charge is 0.365 e. The highest BCUT2D eigenvalue weighted by atomic mass is 35.5. The van der Waals surface area contributed by atoms with Crippen molar-refractivity contribution in [3.05, 3.63) is 47.8 Å². The smallest absolute Gasteiger partial charge is 0.249 e. The minimum Gasteiger partial charge on any atom is -0.365 e. The van der Waals surface area contributed by atoms with Crippen LogP contribution in [0.1, 0.15) is 12.8 Å². The highest BCUT2D eigenvalue weighted by molar-refractivity contribution is 6.30. The van der Waals surface area contributed by atoms with Gasteiger partial charge in [0.15, 0.2) is 0 Å². The average molecular weight is 322 g/mol. The minimum absolute atomic E-state index is 0.140. The van der Waals surface area contributed by atoms with Crippen LogP contribution < -0.4 is 5.32 Å². The number of hydrogen-bond donors (Lipinski definition) is 1. The minimum atomic E-state index is -0.573. The first-order valence-corrected chi connectivity index (χ1v) is 7.06. The summed E-state index contributed by atoms with van der Waals surface area (Å²) in [5.41, 5.74) is 0.786. The van der Waals surface area contributed by atoms with Gasteiger partial charge in [0.2, 0.25) is 17.6 Å². The Balaban J connectivity index is 1.91. The molecule has 0 fully saturated rings. The number of carbonyl (C=O) groups excluding carboxylic acids is 1. The zero-order valence-corrected chi connectivity index (χ0v) is 12.8. The molecule has 0 bridgehead atoms. The molecule has 0 aliphatic rings. The Bertz CT molecular complexity index is 640. The molecule has 0 spiro atoms. The Morgan fingerprint density at radius 1 is 1.50 bits per heavy atom. The fourth-order valence-corrected chi connectivity index (χ4v) is 1.76. The van der Waals surface area contributed by atoms with Gasteiger partial charge in [-0.15, -0.1) is 6.58 Å². The van der Waals surface area contributed by atoms with Gasteiger partial charge < -0.3 is 14.6 Å². The predicted molar refractivity (Wildman–Crippen MR) is 82.2 cm³/mol. The first kappa shape index (κ1) is 16.2. The molecule has 0 aliphatic carbocycles. The summed E-state index contributed by atoms with van der Waals surface area (Å²) >= 11 is 5.82. The second-order valence-electron chi connectivity index (χ2n) is 4.50. The lowest BCUT2D eigenvalue weighted by molar-refractivity contribution is -0.131. The topological polar surface area (TPSA) is 77.2 Å². The Labute approximate surface area is 133 Å². The van der Waals surface area contributed by atoms with E-state index >= 15 is 0 Å². The first-order chi connectivity index (χ1) is 10.6. The van der Waals surface area contributed by atoms with E-state index in [2.05, 4.69) is 22.0 Å². The second-order valence-corrected chi connectivity index (χ2v) is 4.94. The third kappa shape index (κ3) is 4.41. The van der Waals surface area contributed by atoms with Crippen molar-refractivity contribution in [1.29, 1.82) is 0 Å². The molecule has 1 atom stereocenters. The number of benzene rings is 1. The lowest BCUT2D eigenvalue weighted by atomic mass is 10.2. The summed E-state index contributed by atoms with van der Waals surface area (Å²) in [5, 5.41) is 7.16. The lowest BCUT2D eigenvalue weighted by Crippen LogP contribution is -2.34. The van der Waals surface area contributed by atoms with Crippen molar-refractivity contribution in [3.63, 3.8) is 0 Å². The lowest BCUT2D eigenvalue weighted by Gasteiger charge is -2.10. The third-order valence-electron chi connectivity index (χ3n) is 2.82. The summed E-state index contributed by atoms with van der Waals surface area (Å²) in [6.07, 6.45) is 1.01. The molecule has 1 aromatic carbocycles. The molecule has 2 rings (SSSR count). The van der Waals surface area contributed by atoms with Crippen LogP contribution in [0.15, 0.2) is 41.4 Å². The summed E-state index contributed by atoms with van der Waals surface area (Å²) in [6.45, 7) is 5.64. The highest BCUT2D eigenvalue weighted by Crippen LogP contribution is 2.18. The van der Waals surface area contributed by atoms with Gasteiger partial charge in [-0.25, -0.2) is 0 Å². The average Bonchev–Trinajstić information content (AvgIpc) is 2.99. The molecule has 0 unspecified atom stereocenters. The Morgan fingerprint density at radius 2 is 2.23 bits per heavy atom. The summed E-state index contributed by atoms with van der Waals surface area (Å²) in [4.78, 5) is 16.0. The zero-order valence-electron chi connectivity index (χ0n) is 12.1. The number of rotatable bonds is 7. The highest BCUT2D eigenvalue weighted by Gasteiger charge is 2.14. The SMILES string of the molecule is C=CCO[C@H](C)C(=O)NCc1nc(-c2ccc(Cl)cc2)no1. The standard InChI is InChI=1S/C15H16ClN3O3/c1-3-8-21-10(2)15(20)17-9-13-18-14(19-22-13)11-4-6-12(16)7-5-11/h3-7,10H,1,8-9H2,2H3,(H,17,20)/t10-/m1/s1. The molecule has 0 radical (unpaired) electrons. The molecule has 0 saturated carbocycles. The van der Waals surface area contributed by atoms with Crippen LogP contribution in [-0.4, -0.2) is 28.8 Å². The zero-order chi connectivity index (χ0) is 15.9. The summed E-state index contributed by atoms with van der Waals surface area (Å²) in [6, 6.07) is 7.07. The van der Waals surface area contributed by atoms with Crippen LogP contribution >= 0.6 is 11.6 Å². The van der Waals surface area contributed by atoms with Gasteiger partial charge in [-0.1, -0.05) is 22.8 Å². The number of halogens is 1. The van der Waals surface area contributed by atoms with Crippen LogP contribution in [0.3, 0.4) is 0 Å². The molecule has 1 aromatic heterocycles. The van der Waals surface area contributed by atoms with E-state index in [-0.39, 0.29) is 12.5 Å². The third-order valence-corrected chi connectivity index (χ3v) is 3.07. The van der Waals surface area contributed by atoms with Gasteiger partial charge in [-0.2, -0.15) is 4.98 Å². The van der Waals surface area contributed by atoms with E-state index in [0.29, 0.717) is 23.3 Å². The van der Waals surface area contributed by atoms with Crippen LogP contribution in [-0.2, 0) is 16.1 Å². The quantitative estimate of drug-likeness (QED) is 0.793. The van der Waals surface area contributed by atoms with Crippen LogP contribution in [0.5, 0.6) is 0 Å². The van der Waals surface area contributed by atoms with Crippen LogP contribution in [0.2, 0.25) is 5.02 Å². The molecule has 1 heterocycles. The molecule has 116 valence electrons. The van der Waals surface area contributed by atoms with Gasteiger partial charge in [0.05, 0.1) is 13.2 Å². The van der Waals surface area contributed by atoms with Crippen LogP contribution in [0.25, 0.3) is 11.4 Å². The van der Waals surface area contributed by atoms with Gasteiger partial charge in [0, 0.05) is 10.6 Å². The Morgan fingerprint density at radius 3 is 2.91 bits per heavy atom. The Hall–Kier alpha value is -2.18. The van der Waals surface area contributed by atoms with E-state index < -0.39 is 6.10 Å². The van der Waals surface area contributed by atoms with Crippen molar-refractivity contribution in [2.75, 3.05) is 6.61 Å². The number of amides is 1. The molecule has 2 aromatic rings. The van der Waals surface area contributed by atoms with Gasteiger partial charge >= 0.3 is 0 Å². The van der Waals surface area contributed by atoms with Crippen LogP contribution in [0, 0.1) is 0 Å². The second kappa shape index (κ2) is 7.72. The summed E-state index contributed by atoms with van der Waals surface area (Å²) < 4.78 is 10.3. The van der Waals surface area contributed by atoms with E-state index in [1.165, 1.54) is 0 Å². The van der Waals surface area contributed by atoms with Crippen molar-refractivity contribution in [2.24, 2.45) is 0 Å². The van der Waals surface area contributed by atoms with Crippen LogP contribution in [0.4, 0.5) is 0 Å². The van der Waals surface area contributed by atoms with E-state index in [9.17, 15) is 4.79 Å². The molecule has 0 aliphatic heterocycles. The normalized spacial score (nSPS) is 11.9. The van der Waals surface area contributed by atoms with Gasteiger partial charge in [-0.05, 0) is 31.2 Å². The fraction of sp³-hybridized carbons (Fsp3) is 0.267. The molecule has 1 N–H and O–H groups in total. The monoisotopic (exact) mass is 321 g/mol. The maximum absolute atomic E-state index is 11.8. The predicted octanol–water partition coefficient (Wildman–Crippen LogP) is 2.60. The number of ether oxygens (including phenoxy) is 1. The van der Waals surface area contributed by atoms with Gasteiger partial charge in [0.1, 0.15) is 6.10 Å². The van der Waals surface area contributed by atoms with E-state index in [4.69, 9.17) is 20.9 Å². The van der Waals surface area contributed by atoms with E-state index in [1.54, 1.807) is 37.3 Å².